The highest BCUT2D eigenvalue weighted by molar-refractivity contribution is 7.91. The fourth-order valence-electron chi connectivity index (χ4n) is 3.16. The van der Waals surface area contributed by atoms with Crippen molar-refractivity contribution in [1.29, 1.82) is 0 Å². The molecule has 2 atom stereocenters. The average molecular weight is 410 g/mol. The van der Waals surface area contributed by atoms with E-state index in [0.29, 0.717) is 17.3 Å². The van der Waals surface area contributed by atoms with Gasteiger partial charge in [0, 0.05) is 39.3 Å². The molecule has 2 saturated heterocycles. The lowest BCUT2D eigenvalue weighted by atomic mass is 10.3. The van der Waals surface area contributed by atoms with Gasteiger partial charge in [-0.1, -0.05) is 6.07 Å². The molecule has 2 aliphatic heterocycles. The van der Waals surface area contributed by atoms with Gasteiger partial charge >= 0.3 is 0 Å². The van der Waals surface area contributed by atoms with Crippen LogP contribution in [-0.4, -0.2) is 81.2 Å². The first kappa shape index (κ1) is 19.2. The number of hydrogen-bond acceptors (Lipinski definition) is 6. The molecule has 0 N–H and O–H groups in total. The summed E-state index contributed by atoms with van der Waals surface area (Å²) in [5.41, 5.74) is 0. The molecule has 2 unspecified atom stereocenters. The molecule has 3 heterocycles. The molecule has 1 aromatic rings. The van der Waals surface area contributed by atoms with Crippen LogP contribution < -0.4 is 0 Å². The number of nitrogens with zero attached hydrogens (tertiary/aromatic N) is 3. The van der Waals surface area contributed by atoms with Gasteiger partial charge < -0.3 is 4.74 Å². The Labute approximate surface area is 153 Å². The van der Waals surface area contributed by atoms with Crippen molar-refractivity contribution in [2.75, 3.05) is 39.3 Å². The van der Waals surface area contributed by atoms with Crippen LogP contribution in [0.4, 0.5) is 0 Å². The lowest BCUT2D eigenvalue weighted by molar-refractivity contribution is -0.0456. The first-order valence-corrected chi connectivity index (χ1v) is 11.9. The van der Waals surface area contributed by atoms with Gasteiger partial charge in [0.15, 0.2) is 0 Å². The van der Waals surface area contributed by atoms with Crippen molar-refractivity contribution in [3.8, 4) is 0 Å². The maximum Gasteiger partial charge on any atom is 0.282 e. The molecule has 0 amide bonds. The molecule has 0 spiro atoms. The summed E-state index contributed by atoms with van der Waals surface area (Å²) in [5.74, 6) is 0. The fraction of sp³-hybridized carbons (Fsp3) is 0.714. The van der Waals surface area contributed by atoms with E-state index < -0.39 is 20.2 Å². The lowest BCUT2D eigenvalue weighted by Gasteiger charge is -2.39. The van der Waals surface area contributed by atoms with E-state index in [9.17, 15) is 16.8 Å². The van der Waals surface area contributed by atoms with Crippen LogP contribution in [-0.2, 0) is 25.0 Å². The zero-order chi connectivity index (χ0) is 18.2. The first-order valence-electron chi connectivity index (χ1n) is 8.15. The monoisotopic (exact) mass is 409 g/mol. The fourth-order valence-corrected chi connectivity index (χ4v) is 7.48. The van der Waals surface area contributed by atoms with Crippen molar-refractivity contribution < 1.29 is 21.6 Å². The van der Waals surface area contributed by atoms with E-state index in [1.165, 1.54) is 24.3 Å². The second kappa shape index (κ2) is 7.22. The third-order valence-electron chi connectivity index (χ3n) is 4.33. The molecule has 2 aliphatic rings. The Kier molecular flexibility index (Phi) is 5.55. The first-order chi connectivity index (χ1) is 11.7. The summed E-state index contributed by atoms with van der Waals surface area (Å²) in [6, 6.07) is 3.26. The molecule has 0 saturated carbocycles. The van der Waals surface area contributed by atoms with Crippen LogP contribution in [0.2, 0.25) is 0 Å². The number of hydrogen-bond donors (Lipinski definition) is 0. The molecule has 0 bridgehead atoms. The van der Waals surface area contributed by atoms with Gasteiger partial charge in [-0.3, -0.25) is 0 Å². The molecule has 0 radical (unpaired) electrons. The highest BCUT2D eigenvalue weighted by Crippen LogP contribution is 2.24. The van der Waals surface area contributed by atoms with Crippen molar-refractivity contribution in [2.24, 2.45) is 0 Å². The number of morpholine rings is 1. The molecule has 2 fully saturated rings. The predicted octanol–water partition coefficient (Wildman–Crippen LogP) is 0.408. The van der Waals surface area contributed by atoms with E-state index >= 15 is 0 Å². The second-order valence-corrected chi connectivity index (χ2v) is 11.4. The Morgan fingerprint density at radius 2 is 1.52 bits per heavy atom. The zero-order valence-electron chi connectivity index (χ0n) is 14.2. The standard InChI is InChI=1S/C14H23N3O5S3/c1-12-10-17(11-13(2)22-12)25(20,21)16-7-5-15(6-8-16)24(18,19)14-4-3-9-23-14/h3-4,9,12-13H,5-8,10-11H2,1-2H3. The summed E-state index contributed by atoms with van der Waals surface area (Å²) < 4.78 is 60.8. The number of ether oxygens (including phenoxy) is 1. The number of sulfonamides is 1. The largest absolute Gasteiger partial charge is 0.373 e. The van der Waals surface area contributed by atoms with Crippen LogP contribution in [0.15, 0.2) is 21.7 Å². The summed E-state index contributed by atoms with van der Waals surface area (Å²) in [4.78, 5) is 0. The maximum absolute atomic E-state index is 12.8. The van der Waals surface area contributed by atoms with Crippen molar-refractivity contribution in [2.45, 2.75) is 30.3 Å². The van der Waals surface area contributed by atoms with Crippen LogP contribution in [0, 0.1) is 0 Å². The van der Waals surface area contributed by atoms with Gasteiger partial charge in [0.25, 0.3) is 20.2 Å². The Balaban J connectivity index is 1.67. The SMILES string of the molecule is CC1CN(S(=O)(=O)N2CCN(S(=O)(=O)c3cccs3)CC2)CC(C)O1. The predicted molar refractivity (Wildman–Crippen MR) is 95.2 cm³/mol. The van der Waals surface area contributed by atoms with E-state index in [1.807, 2.05) is 13.8 Å². The summed E-state index contributed by atoms with van der Waals surface area (Å²) >= 11 is 1.17. The van der Waals surface area contributed by atoms with Crippen LogP contribution in [0.1, 0.15) is 13.8 Å². The number of thiophene rings is 1. The van der Waals surface area contributed by atoms with Crippen LogP contribution in [0.3, 0.4) is 0 Å². The highest BCUT2D eigenvalue weighted by atomic mass is 32.2. The third kappa shape index (κ3) is 3.92. The van der Waals surface area contributed by atoms with E-state index in [2.05, 4.69) is 0 Å². The van der Waals surface area contributed by atoms with Gasteiger partial charge in [0.05, 0.1) is 12.2 Å². The Hall–Kier alpha value is -0.560. The minimum atomic E-state index is -3.61. The van der Waals surface area contributed by atoms with Gasteiger partial charge in [-0.15, -0.1) is 11.3 Å². The van der Waals surface area contributed by atoms with Gasteiger partial charge in [-0.05, 0) is 25.3 Å². The van der Waals surface area contributed by atoms with E-state index in [0.717, 1.165) is 0 Å². The Morgan fingerprint density at radius 1 is 0.960 bits per heavy atom. The van der Waals surface area contributed by atoms with Gasteiger partial charge in [-0.2, -0.15) is 21.3 Å². The second-order valence-electron chi connectivity index (χ2n) is 6.32. The molecule has 8 nitrogen and oxygen atoms in total. The topological polar surface area (TPSA) is 87.2 Å². The zero-order valence-corrected chi connectivity index (χ0v) is 16.7. The average Bonchev–Trinajstić information content (AvgIpc) is 3.09. The van der Waals surface area contributed by atoms with Crippen LogP contribution in [0.5, 0.6) is 0 Å². The lowest BCUT2D eigenvalue weighted by Crippen LogP contribution is -2.57. The minimum Gasteiger partial charge on any atom is -0.373 e. The molecule has 11 heteroatoms. The summed E-state index contributed by atoms with van der Waals surface area (Å²) in [5, 5.41) is 1.72. The quantitative estimate of drug-likeness (QED) is 0.719. The van der Waals surface area contributed by atoms with Crippen LogP contribution >= 0.6 is 11.3 Å². The smallest absolute Gasteiger partial charge is 0.282 e. The third-order valence-corrected chi connectivity index (χ3v) is 9.57. The van der Waals surface area contributed by atoms with Crippen LogP contribution in [0.25, 0.3) is 0 Å². The minimum absolute atomic E-state index is 0.154. The summed E-state index contributed by atoms with van der Waals surface area (Å²) in [6.07, 6.45) is -0.307. The molecule has 3 rings (SSSR count). The highest BCUT2D eigenvalue weighted by Gasteiger charge is 2.38. The molecule has 25 heavy (non-hydrogen) atoms. The van der Waals surface area contributed by atoms with Gasteiger partial charge in [0.2, 0.25) is 0 Å². The Morgan fingerprint density at radius 3 is 2.04 bits per heavy atom. The number of piperazine rings is 1. The molecule has 0 aliphatic carbocycles. The van der Waals surface area contributed by atoms with Crippen molar-refractivity contribution in [1.82, 2.24) is 12.9 Å². The molecule has 1 aromatic heterocycles. The van der Waals surface area contributed by atoms with E-state index in [-0.39, 0.29) is 38.4 Å². The summed E-state index contributed by atoms with van der Waals surface area (Å²) in [7, 11) is -7.14. The maximum atomic E-state index is 12.8. The number of rotatable bonds is 4. The summed E-state index contributed by atoms with van der Waals surface area (Å²) in [6.45, 7) is 4.98. The van der Waals surface area contributed by atoms with Crippen molar-refractivity contribution in [3.05, 3.63) is 17.5 Å². The molecule has 0 aromatic carbocycles. The molecular weight excluding hydrogens is 386 g/mol. The van der Waals surface area contributed by atoms with E-state index in [4.69, 9.17) is 4.74 Å². The van der Waals surface area contributed by atoms with Crippen molar-refractivity contribution >= 4 is 31.6 Å². The Bertz CT molecular complexity index is 776. The van der Waals surface area contributed by atoms with Gasteiger partial charge in [-0.25, -0.2) is 8.42 Å². The molecule has 142 valence electrons. The molecular formula is C14H23N3O5S3. The van der Waals surface area contributed by atoms with E-state index in [1.54, 1.807) is 17.5 Å². The van der Waals surface area contributed by atoms with Crippen molar-refractivity contribution in [3.63, 3.8) is 0 Å². The normalized spacial score (nSPS) is 28.2. The van der Waals surface area contributed by atoms with Gasteiger partial charge in [0.1, 0.15) is 4.21 Å².